The highest BCUT2D eigenvalue weighted by Crippen LogP contribution is 2.29. The van der Waals surface area contributed by atoms with Gasteiger partial charge in [-0.2, -0.15) is 9.40 Å². The van der Waals surface area contributed by atoms with E-state index in [4.69, 9.17) is 5.73 Å². The van der Waals surface area contributed by atoms with Gasteiger partial charge in [0.25, 0.3) is 10.0 Å². The Morgan fingerprint density at radius 2 is 2.29 bits per heavy atom. The van der Waals surface area contributed by atoms with Crippen LogP contribution in [0, 0.1) is 5.92 Å². The van der Waals surface area contributed by atoms with Crippen LogP contribution in [-0.4, -0.2) is 35.5 Å². The summed E-state index contributed by atoms with van der Waals surface area (Å²) in [6, 6.07) is 0.0314. The van der Waals surface area contributed by atoms with Gasteiger partial charge in [0, 0.05) is 24.7 Å². The third kappa shape index (κ3) is 2.10. The number of nitrogens with two attached hydrogens (primary N) is 1. The second-order valence-corrected chi connectivity index (χ2v) is 6.52. The Morgan fingerprint density at radius 3 is 2.82 bits per heavy atom. The van der Waals surface area contributed by atoms with Crippen molar-refractivity contribution >= 4 is 10.0 Å². The zero-order valence-corrected chi connectivity index (χ0v) is 10.9. The first-order chi connectivity index (χ1) is 7.96. The molecule has 96 valence electrons. The summed E-state index contributed by atoms with van der Waals surface area (Å²) in [4.78, 5) is 0. The fourth-order valence-corrected chi connectivity index (χ4v) is 4.26. The predicted molar refractivity (Wildman–Crippen MR) is 63.6 cm³/mol. The van der Waals surface area contributed by atoms with E-state index in [2.05, 4.69) is 17.1 Å². The van der Waals surface area contributed by atoms with Crippen molar-refractivity contribution in [2.75, 3.05) is 6.54 Å². The van der Waals surface area contributed by atoms with E-state index in [0.717, 1.165) is 6.42 Å². The maximum atomic E-state index is 12.4. The first-order valence-corrected chi connectivity index (χ1v) is 7.15. The molecule has 0 amide bonds. The molecule has 0 aromatic carbocycles. The standard InChI is InChI=1S/C10H18N4O2S/c1-7-3-8(2)14(6-7)17(15,16)10-9(4-11)5-12-13-10/h5,7-8H,3-4,6,11H2,1-2H3,(H,12,13). The molecule has 0 spiro atoms. The van der Waals surface area contributed by atoms with E-state index in [-0.39, 0.29) is 17.6 Å². The first kappa shape index (κ1) is 12.5. The monoisotopic (exact) mass is 258 g/mol. The Bertz CT molecular complexity index is 496. The minimum Gasteiger partial charge on any atom is -0.326 e. The van der Waals surface area contributed by atoms with E-state index >= 15 is 0 Å². The number of aromatic amines is 1. The van der Waals surface area contributed by atoms with Gasteiger partial charge in [0.1, 0.15) is 0 Å². The third-order valence-electron chi connectivity index (χ3n) is 3.19. The van der Waals surface area contributed by atoms with Crippen molar-refractivity contribution in [3.8, 4) is 0 Å². The zero-order valence-electron chi connectivity index (χ0n) is 10.0. The molecule has 1 saturated heterocycles. The van der Waals surface area contributed by atoms with Gasteiger partial charge in [0.2, 0.25) is 0 Å². The van der Waals surface area contributed by atoms with Crippen LogP contribution in [0.3, 0.4) is 0 Å². The van der Waals surface area contributed by atoms with Crippen LogP contribution in [0.15, 0.2) is 11.2 Å². The lowest BCUT2D eigenvalue weighted by molar-refractivity contribution is 0.403. The van der Waals surface area contributed by atoms with E-state index < -0.39 is 10.0 Å². The molecule has 1 aromatic rings. The van der Waals surface area contributed by atoms with Crippen LogP contribution in [-0.2, 0) is 16.6 Å². The molecule has 0 bridgehead atoms. The van der Waals surface area contributed by atoms with Crippen molar-refractivity contribution in [1.82, 2.24) is 14.5 Å². The molecule has 17 heavy (non-hydrogen) atoms. The highest BCUT2D eigenvalue weighted by molar-refractivity contribution is 7.89. The van der Waals surface area contributed by atoms with Crippen LogP contribution in [0.25, 0.3) is 0 Å². The van der Waals surface area contributed by atoms with Crippen LogP contribution in [0.5, 0.6) is 0 Å². The Morgan fingerprint density at radius 1 is 1.59 bits per heavy atom. The van der Waals surface area contributed by atoms with E-state index in [1.54, 1.807) is 0 Å². The average Bonchev–Trinajstić information content (AvgIpc) is 2.84. The number of H-pyrrole nitrogens is 1. The molecule has 2 atom stereocenters. The number of nitrogens with one attached hydrogen (secondary N) is 1. The summed E-state index contributed by atoms with van der Waals surface area (Å²) in [5, 5.41) is 6.45. The van der Waals surface area contributed by atoms with Gasteiger partial charge < -0.3 is 5.73 Å². The number of nitrogens with zero attached hydrogens (tertiary/aromatic N) is 2. The summed E-state index contributed by atoms with van der Waals surface area (Å²) in [7, 11) is -3.48. The van der Waals surface area contributed by atoms with Gasteiger partial charge in [-0.15, -0.1) is 0 Å². The number of aromatic nitrogens is 2. The van der Waals surface area contributed by atoms with Gasteiger partial charge in [-0.25, -0.2) is 8.42 Å². The second kappa shape index (κ2) is 4.40. The summed E-state index contributed by atoms with van der Waals surface area (Å²) in [5.74, 6) is 0.393. The van der Waals surface area contributed by atoms with Crippen molar-refractivity contribution in [3.05, 3.63) is 11.8 Å². The van der Waals surface area contributed by atoms with Crippen molar-refractivity contribution in [2.24, 2.45) is 11.7 Å². The zero-order chi connectivity index (χ0) is 12.6. The lowest BCUT2D eigenvalue weighted by Crippen LogP contribution is -2.34. The lowest BCUT2D eigenvalue weighted by atomic mass is 10.1. The molecule has 2 unspecified atom stereocenters. The van der Waals surface area contributed by atoms with Crippen molar-refractivity contribution in [3.63, 3.8) is 0 Å². The molecular weight excluding hydrogens is 240 g/mol. The largest absolute Gasteiger partial charge is 0.326 e. The lowest BCUT2D eigenvalue weighted by Gasteiger charge is -2.20. The van der Waals surface area contributed by atoms with Gasteiger partial charge in [-0.1, -0.05) is 6.92 Å². The van der Waals surface area contributed by atoms with Crippen molar-refractivity contribution in [2.45, 2.75) is 37.9 Å². The molecule has 0 aliphatic carbocycles. The van der Waals surface area contributed by atoms with Crippen molar-refractivity contribution in [1.29, 1.82) is 0 Å². The molecule has 1 fully saturated rings. The third-order valence-corrected chi connectivity index (χ3v) is 5.19. The summed E-state index contributed by atoms with van der Waals surface area (Å²) < 4.78 is 26.4. The fourth-order valence-electron chi connectivity index (χ4n) is 2.38. The van der Waals surface area contributed by atoms with E-state index in [0.29, 0.717) is 18.0 Å². The molecule has 6 nitrogen and oxygen atoms in total. The van der Waals surface area contributed by atoms with E-state index in [1.165, 1.54) is 10.5 Å². The van der Waals surface area contributed by atoms with Crippen LogP contribution in [0.4, 0.5) is 0 Å². The molecule has 1 aromatic heterocycles. The van der Waals surface area contributed by atoms with Crippen LogP contribution in [0.1, 0.15) is 25.8 Å². The topological polar surface area (TPSA) is 92.1 Å². The van der Waals surface area contributed by atoms with Crippen LogP contribution in [0.2, 0.25) is 0 Å². The molecule has 0 saturated carbocycles. The summed E-state index contributed by atoms with van der Waals surface area (Å²) in [6.45, 7) is 4.72. The summed E-state index contributed by atoms with van der Waals surface area (Å²) in [6.07, 6.45) is 2.36. The smallest absolute Gasteiger partial charge is 0.260 e. The Hall–Kier alpha value is -0.920. The first-order valence-electron chi connectivity index (χ1n) is 5.71. The fraction of sp³-hybridized carbons (Fsp3) is 0.700. The van der Waals surface area contributed by atoms with Crippen LogP contribution >= 0.6 is 0 Å². The van der Waals surface area contributed by atoms with E-state index in [9.17, 15) is 8.42 Å². The number of hydrogen-bond acceptors (Lipinski definition) is 4. The molecule has 3 N–H and O–H groups in total. The second-order valence-electron chi connectivity index (χ2n) is 4.69. The molecular formula is C10H18N4O2S. The number of rotatable bonds is 3. The normalized spacial score (nSPS) is 26.5. The maximum Gasteiger partial charge on any atom is 0.260 e. The van der Waals surface area contributed by atoms with Gasteiger partial charge in [0.05, 0.1) is 6.20 Å². The summed E-state index contributed by atoms with van der Waals surface area (Å²) in [5.41, 5.74) is 6.05. The van der Waals surface area contributed by atoms with E-state index in [1.807, 2.05) is 6.92 Å². The Balaban J connectivity index is 2.37. The minimum absolute atomic E-state index is 0.0314. The SMILES string of the molecule is CC1CC(C)N(S(=O)(=O)c2[nH]ncc2CN)C1. The quantitative estimate of drug-likeness (QED) is 0.815. The van der Waals surface area contributed by atoms with Gasteiger partial charge in [0.15, 0.2) is 5.03 Å². The minimum atomic E-state index is -3.48. The Labute approximate surface area is 101 Å². The predicted octanol–water partition coefficient (Wildman–Crippen LogP) is 0.287. The Kier molecular flexibility index (Phi) is 3.24. The van der Waals surface area contributed by atoms with Crippen LogP contribution < -0.4 is 5.73 Å². The van der Waals surface area contributed by atoms with Crippen molar-refractivity contribution < 1.29 is 8.42 Å². The maximum absolute atomic E-state index is 12.4. The molecule has 1 aliphatic heterocycles. The average molecular weight is 258 g/mol. The van der Waals surface area contributed by atoms with Gasteiger partial charge in [-0.3, -0.25) is 5.10 Å². The molecule has 7 heteroatoms. The summed E-state index contributed by atoms with van der Waals surface area (Å²) >= 11 is 0. The molecule has 1 aliphatic rings. The van der Waals surface area contributed by atoms with Gasteiger partial charge >= 0.3 is 0 Å². The molecule has 2 heterocycles. The van der Waals surface area contributed by atoms with Gasteiger partial charge in [-0.05, 0) is 19.3 Å². The highest BCUT2D eigenvalue weighted by atomic mass is 32.2. The molecule has 2 rings (SSSR count). The number of hydrogen-bond donors (Lipinski definition) is 2. The molecule has 0 radical (unpaired) electrons. The highest BCUT2D eigenvalue weighted by Gasteiger charge is 2.37. The number of sulfonamides is 1.